The van der Waals surface area contributed by atoms with Crippen LogP contribution in [0.25, 0.3) is 0 Å². The first kappa shape index (κ1) is 13.4. The number of carbonyl (C=O) groups excluding carboxylic acids is 1. The fraction of sp³-hybridized carbons (Fsp3) is 0.909. The maximum atomic E-state index is 10.8. The number of ether oxygens (including phenoxy) is 4. The molecule has 0 N–H and O–H groups in total. The van der Waals surface area contributed by atoms with Crippen molar-refractivity contribution in [3.63, 3.8) is 0 Å². The summed E-state index contributed by atoms with van der Waals surface area (Å²) >= 11 is 0. The van der Waals surface area contributed by atoms with Crippen molar-refractivity contribution in [3.8, 4) is 0 Å². The molecular weight excluding hydrogens is 212 g/mol. The van der Waals surface area contributed by atoms with E-state index >= 15 is 0 Å². The Kier molecular flexibility index (Phi) is 4.70. The molecule has 0 spiro atoms. The molecule has 3 atom stereocenters. The fourth-order valence-electron chi connectivity index (χ4n) is 2.01. The third-order valence-electron chi connectivity index (χ3n) is 2.71. The van der Waals surface area contributed by atoms with Crippen LogP contribution in [0, 0.1) is 0 Å². The van der Waals surface area contributed by atoms with Gasteiger partial charge >= 0.3 is 5.97 Å². The second-order valence-electron chi connectivity index (χ2n) is 4.06. The average Bonchev–Trinajstić information content (AvgIpc) is 2.61. The van der Waals surface area contributed by atoms with Gasteiger partial charge in [-0.1, -0.05) is 0 Å². The van der Waals surface area contributed by atoms with Gasteiger partial charge < -0.3 is 18.9 Å². The van der Waals surface area contributed by atoms with E-state index in [2.05, 4.69) is 0 Å². The van der Waals surface area contributed by atoms with Gasteiger partial charge in [-0.05, 0) is 6.92 Å². The van der Waals surface area contributed by atoms with Gasteiger partial charge in [0, 0.05) is 40.4 Å². The molecule has 1 heterocycles. The lowest BCUT2D eigenvalue weighted by Crippen LogP contribution is -2.36. The third-order valence-corrected chi connectivity index (χ3v) is 2.71. The largest absolute Gasteiger partial charge is 0.463 e. The smallest absolute Gasteiger partial charge is 0.302 e. The Labute approximate surface area is 96.0 Å². The van der Waals surface area contributed by atoms with Gasteiger partial charge in [-0.3, -0.25) is 4.79 Å². The zero-order valence-corrected chi connectivity index (χ0v) is 10.3. The molecule has 16 heavy (non-hydrogen) atoms. The molecule has 5 nitrogen and oxygen atoms in total. The van der Waals surface area contributed by atoms with Crippen LogP contribution in [-0.2, 0) is 23.7 Å². The number of rotatable bonds is 5. The second-order valence-corrected chi connectivity index (χ2v) is 4.06. The van der Waals surface area contributed by atoms with Crippen molar-refractivity contribution in [3.05, 3.63) is 0 Å². The van der Waals surface area contributed by atoms with Crippen molar-refractivity contribution in [2.24, 2.45) is 0 Å². The molecule has 1 aliphatic heterocycles. The van der Waals surface area contributed by atoms with Gasteiger partial charge in [-0.2, -0.15) is 0 Å². The highest BCUT2D eigenvalue weighted by Crippen LogP contribution is 2.35. The molecule has 0 aromatic rings. The standard InChI is InChI=1S/C11H20O5/c1-8(15-9(2)12)7-11(14-4)6-5-10(13-3)16-11/h8,10H,5-7H2,1-4H3. The van der Waals surface area contributed by atoms with E-state index < -0.39 is 5.79 Å². The molecule has 5 heteroatoms. The number of esters is 1. The van der Waals surface area contributed by atoms with Crippen molar-refractivity contribution in [2.75, 3.05) is 14.2 Å². The van der Waals surface area contributed by atoms with E-state index in [4.69, 9.17) is 18.9 Å². The summed E-state index contributed by atoms with van der Waals surface area (Å²) in [6.07, 6.45) is 1.59. The van der Waals surface area contributed by atoms with E-state index in [0.29, 0.717) is 6.42 Å². The maximum Gasteiger partial charge on any atom is 0.302 e. The van der Waals surface area contributed by atoms with Crippen LogP contribution in [0.15, 0.2) is 0 Å². The minimum atomic E-state index is -0.685. The highest BCUT2D eigenvalue weighted by molar-refractivity contribution is 5.66. The summed E-state index contributed by atoms with van der Waals surface area (Å²) in [5, 5.41) is 0. The molecule has 1 rings (SSSR count). The van der Waals surface area contributed by atoms with Crippen LogP contribution in [0.1, 0.15) is 33.1 Å². The van der Waals surface area contributed by atoms with Crippen molar-refractivity contribution in [1.29, 1.82) is 0 Å². The molecule has 0 bridgehead atoms. The molecule has 0 aromatic carbocycles. The monoisotopic (exact) mass is 232 g/mol. The van der Waals surface area contributed by atoms with Crippen molar-refractivity contribution >= 4 is 5.97 Å². The molecule has 0 radical (unpaired) electrons. The quantitative estimate of drug-likeness (QED) is 0.671. The summed E-state index contributed by atoms with van der Waals surface area (Å²) in [6.45, 7) is 3.22. The van der Waals surface area contributed by atoms with Crippen molar-refractivity contribution in [1.82, 2.24) is 0 Å². The zero-order valence-electron chi connectivity index (χ0n) is 10.3. The Balaban J connectivity index is 2.51. The lowest BCUT2D eigenvalue weighted by atomic mass is 10.1. The van der Waals surface area contributed by atoms with Gasteiger partial charge in [-0.25, -0.2) is 0 Å². The van der Waals surface area contributed by atoms with E-state index in [1.807, 2.05) is 6.92 Å². The highest BCUT2D eigenvalue weighted by atomic mass is 16.8. The molecule has 1 aliphatic rings. The second kappa shape index (κ2) is 5.61. The maximum absolute atomic E-state index is 10.8. The van der Waals surface area contributed by atoms with Gasteiger partial charge in [0.25, 0.3) is 0 Å². The molecule has 0 aromatic heterocycles. The van der Waals surface area contributed by atoms with Gasteiger partial charge in [0.05, 0.1) is 0 Å². The van der Waals surface area contributed by atoms with Crippen molar-refractivity contribution < 1.29 is 23.7 Å². The van der Waals surface area contributed by atoms with Crippen LogP contribution in [0.5, 0.6) is 0 Å². The SMILES string of the molecule is COC1CCC(CC(C)OC(C)=O)(OC)O1. The summed E-state index contributed by atoms with van der Waals surface area (Å²) in [5.74, 6) is -0.977. The predicted molar refractivity (Wildman–Crippen MR) is 56.7 cm³/mol. The topological polar surface area (TPSA) is 54.0 Å². The van der Waals surface area contributed by atoms with E-state index in [0.717, 1.165) is 12.8 Å². The Bertz CT molecular complexity index is 243. The van der Waals surface area contributed by atoms with Crippen molar-refractivity contribution in [2.45, 2.75) is 51.3 Å². The predicted octanol–water partition coefficient (Wildman–Crippen LogP) is 1.45. The molecular formula is C11H20O5. The van der Waals surface area contributed by atoms with E-state index in [9.17, 15) is 4.79 Å². The van der Waals surface area contributed by atoms with Crippen LogP contribution >= 0.6 is 0 Å². The lowest BCUT2D eigenvalue weighted by molar-refractivity contribution is -0.265. The number of hydrogen-bond donors (Lipinski definition) is 0. The molecule has 0 aliphatic carbocycles. The van der Waals surface area contributed by atoms with Gasteiger partial charge in [0.2, 0.25) is 0 Å². The third kappa shape index (κ3) is 3.43. The van der Waals surface area contributed by atoms with E-state index in [1.165, 1.54) is 6.92 Å². The summed E-state index contributed by atoms with van der Waals surface area (Å²) < 4.78 is 21.2. The highest BCUT2D eigenvalue weighted by Gasteiger charge is 2.42. The number of carbonyl (C=O) groups is 1. The fourth-order valence-corrected chi connectivity index (χ4v) is 2.01. The molecule has 1 fully saturated rings. The van der Waals surface area contributed by atoms with Gasteiger partial charge in [0.15, 0.2) is 12.1 Å². The molecule has 1 saturated heterocycles. The summed E-state index contributed by atoms with van der Waals surface area (Å²) in [7, 11) is 3.20. The summed E-state index contributed by atoms with van der Waals surface area (Å²) in [4.78, 5) is 10.8. The Hall–Kier alpha value is -0.650. The minimum absolute atomic E-state index is 0.229. The van der Waals surface area contributed by atoms with Gasteiger partial charge in [-0.15, -0.1) is 0 Å². The van der Waals surface area contributed by atoms with Crippen LogP contribution in [0.3, 0.4) is 0 Å². The van der Waals surface area contributed by atoms with Gasteiger partial charge in [0.1, 0.15) is 6.10 Å². The Morgan fingerprint density at radius 1 is 1.56 bits per heavy atom. The molecule has 0 amide bonds. The first-order chi connectivity index (χ1) is 7.51. The summed E-state index contributed by atoms with van der Waals surface area (Å²) in [5.41, 5.74) is 0. The minimum Gasteiger partial charge on any atom is -0.463 e. The lowest BCUT2D eigenvalue weighted by Gasteiger charge is -2.29. The first-order valence-corrected chi connectivity index (χ1v) is 5.44. The summed E-state index contributed by atoms with van der Waals surface area (Å²) in [6, 6.07) is 0. The zero-order chi connectivity index (χ0) is 12.2. The number of hydrogen-bond acceptors (Lipinski definition) is 5. The van der Waals surface area contributed by atoms with E-state index in [1.54, 1.807) is 14.2 Å². The average molecular weight is 232 g/mol. The molecule has 3 unspecified atom stereocenters. The van der Waals surface area contributed by atoms with Crippen LogP contribution in [-0.4, -0.2) is 38.4 Å². The Morgan fingerprint density at radius 3 is 2.69 bits per heavy atom. The van der Waals surface area contributed by atoms with Crippen LogP contribution < -0.4 is 0 Å². The Morgan fingerprint density at radius 2 is 2.25 bits per heavy atom. The normalized spacial score (nSPS) is 31.4. The first-order valence-electron chi connectivity index (χ1n) is 5.44. The molecule has 0 saturated carbocycles. The number of methoxy groups -OCH3 is 2. The molecule has 94 valence electrons. The van der Waals surface area contributed by atoms with E-state index in [-0.39, 0.29) is 18.4 Å². The van der Waals surface area contributed by atoms with Crippen LogP contribution in [0.4, 0.5) is 0 Å². The van der Waals surface area contributed by atoms with Crippen LogP contribution in [0.2, 0.25) is 0 Å².